The second-order valence-electron chi connectivity index (χ2n) is 12.2. The maximum Gasteiger partial charge on any atom is 0.287 e. The van der Waals surface area contributed by atoms with E-state index in [2.05, 4.69) is 46.3 Å². The van der Waals surface area contributed by atoms with Gasteiger partial charge in [0.1, 0.15) is 11.9 Å². The summed E-state index contributed by atoms with van der Waals surface area (Å²) in [6.45, 7) is 4.91. The van der Waals surface area contributed by atoms with E-state index in [9.17, 15) is 19.2 Å². The van der Waals surface area contributed by atoms with Gasteiger partial charge in [0, 0.05) is 49.1 Å². The lowest BCUT2D eigenvalue weighted by molar-refractivity contribution is -0.131. The second-order valence-corrected chi connectivity index (χ2v) is 13.3. The van der Waals surface area contributed by atoms with E-state index in [1.54, 1.807) is 23.1 Å². The Morgan fingerprint density at radius 2 is 1.78 bits per heavy atom. The van der Waals surface area contributed by atoms with Crippen molar-refractivity contribution in [1.82, 2.24) is 15.1 Å². The highest BCUT2D eigenvalue weighted by Crippen LogP contribution is 2.31. The number of hydrogen-bond donors (Lipinski definition) is 2. The minimum Gasteiger partial charge on any atom is -0.451 e. The van der Waals surface area contributed by atoms with Crippen molar-refractivity contribution < 1.29 is 18.8 Å². The van der Waals surface area contributed by atoms with E-state index in [0.29, 0.717) is 36.4 Å². The van der Waals surface area contributed by atoms with Gasteiger partial charge in [0.25, 0.3) is 5.91 Å². The Labute approximate surface area is 297 Å². The number of unbranched alkanes of at least 4 members (excludes halogenated alkanes) is 2. The molecule has 1 saturated heterocycles. The lowest BCUT2D eigenvalue weighted by atomic mass is 9.86. The molecule has 0 bridgehead atoms. The number of aryl methyl sites for hydroxylation is 1. The first-order valence-electron chi connectivity index (χ1n) is 16.5. The molecule has 2 amide bonds. The molecule has 1 aromatic heterocycles. The molecule has 0 spiro atoms. The summed E-state index contributed by atoms with van der Waals surface area (Å²) in [7, 11) is 2.11. The van der Waals surface area contributed by atoms with Crippen molar-refractivity contribution in [3.8, 4) is 0 Å². The first-order chi connectivity index (χ1) is 23.7. The van der Waals surface area contributed by atoms with Crippen LogP contribution >= 0.6 is 23.5 Å². The maximum atomic E-state index is 12.9. The highest BCUT2D eigenvalue weighted by molar-refractivity contribution is 7.99. The SMILES string of the molecule is CSNc1ccc2oc(C(=O)NCC(=O)N3CCC(c4ccccc4CN(C)CCCCC=O)CC3)cc(=O)c2c1.Cc1ccc(Cl)cc1. The summed E-state index contributed by atoms with van der Waals surface area (Å²) in [5, 5.41) is 3.79. The normalized spacial score (nSPS) is 13.1. The molecule has 0 unspecified atom stereocenters. The molecule has 2 N–H and O–H groups in total. The molecule has 0 atom stereocenters. The van der Waals surface area contributed by atoms with Crippen LogP contribution in [0.4, 0.5) is 5.69 Å². The monoisotopic (exact) mass is 704 g/mol. The molecule has 49 heavy (non-hydrogen) atoms. The van der Waals surface area contributed by atoms with Crippen LogP contribution in [-0.2, 0) is 16.1 Å². The molecular weight excluding hydrogens is 660 g/mol. The van der Waals surface area contributed by atoms with Crippen LogP contribution < -0.4 is 15.5 Å². The van der Waals surface area contributed by atoms with Gasteiger partial charge in [-0.2, -0.15) is 0 Å². The molecule has 9 nitrogen and oxygen atoms in total. The number of aldehydes is 1. The lowest BCUT2D eigenvalue weighted by Crippen LogP contribution is -2.44. The van der Waals surface area contributed by atoms with E-state index < -0.39 is 5.91 Å². The Morgan fingerprint density at radius 1 is 1.04 bits per heavy atom. The van der Waals surface area contributed by atoms with Gasteiger partial charge >= 0.3 is 0 Å². The van der Waals surface area contributed by atoms with E-state index >= 15 is 0 Å². The Hall–Kier alpha value is -4.12. The fraction of sp³-hybridized carbons (Fsp3) is 0.368. The fourth-order valence-corrected chi connectivity index (χ4v) is 6.32. The van der Waals surface area contributed by atoms with Crippen LogP contribution in [0, 0.1) is 6.92 Å². The number of nitrogens with zero attached hydrogens (tertiary/aromatic N) is 2. The summed E-state index contributed by atoms with van der Waals surface area (Å²) < 4.78 is 8.72. The van der Waals surface area contributed by atoms with Crippen LogP contribution in [0.25, 0.3) is 11.0 Å². The van der Waals surface area contributed by atoms with Crippen molar-refractivity contribution in [2.24, 2.45) is 0 Å². The number of likely N-dealkylation sites (tertiary alicyclic amines) is 1. The molecule has 4 aromatic rings. The van der Waals surface area contributed by atoms with Crippen molar-refractivity contribution in [3.63, 3.8) is 0 Å². The third-order valence-electron chi connectivity index (χ3n) is 8.48. The molecule has 0 aliphatic carbocycles. The van der Waals surface area contributed by atoms with Gasteiger partial charge in [-0.3, -0.25) is 14.4 Å². The number of halogens is 1. The Bertz CT molecular complexity index is 1730. The van der Waals surface area contributed by atoms with Crippen molar-refractivity contribution in [1.29, 1.82) is 0 Å². The van der Waals surface area contributed by atoms with Crippen LogP contribution in [0.15, 0.2) is 82.0 Å². The van der Waals surface area contributed by atoms with Crippen molar-refractivity contribution in [2.75, 3.05) is 44.2 Å². The Morgan fingerprint density at radius 3 is 2.47 bits per heavy atom. The number of carbonyl (C=O) groups is 3. The smallest absolute Gasteiger partial charge is 0.287 e. The molecule has 3 aromatic carbocycles. The van der Waals surface area contributed by atoms with E-state index in [1.807, 2.05) is 37.4 Å². The van der Waals surface area contributed by atoms with Crippen molar-refractivity contribution in [2.45, 2.75) is 51.5 Å². The number of hydrogen-bond acceptors (Lipinski definition) is 8. The first-order valence-corrected chi connectivity index (χ1v) is 18.1. The number of carbonyl (C=O) groups excluding carboxylic acids is 3. The molecule has 1 aliphatic heterocycles. The molecule has 260 valence electrons. The largest absolute Gasteiger partial charge is 0.451 e. The minimum absolute atomic E-state index is 0.120. The quantitative estimate of drug-likeness (QED) is 0.0864. The third-order valence-corrected chi connectivity index (χ3v) is 9.17. The van der Waals surface area contributed by atoms with Crippen molar-refractivity contribution >= 4 is 58.3 Å². The predicted octanol–water partition coefficient (Wildman–Crippen LogP) is 7.07. The number of anilines is 1. The van der Waals surface area contributed by atoms with Crippen LogP contribution in [0.1, 0.15) is 65.3 Å². The number of amides is 2. The van der Waals surface area contributed by atoms with Crippen molar-refractivity contribution in [3.05, 3.63) is 110 Å². The van der Waals surface area contributed by atoms with Gasteiger partial charge in [-0.05, 0) is 93.6 Å². The van der Waals surface area contributed by atoms with Gasteiger partial charge in [-0.15, -0.1) is 0 Å². The standard InChI is InChI=1S/C31H38N4O5S.C7H7Cl/c1-34(14-6-3-7-17-36)21-23-8-4-5-9-25(23)22-12-15-35(16-13-22)30(38)20-32-31(39)29-19-27(37)26-18-24(33-41-2)10-11-28(26)40-29;1-6-2-4-7(8)5-3-6/h4-5,8-11,17-19,22,33H,3,6-7,12-16,20-21H2,1-2H3,(H,32,39);2-5H,1H3. The number of fused-ring (bicyclic) bond motifs is 1. The van der Waals surface area contributed by atoms with Gasteiger partial charge in [0.2, 0.25) is 5.91 Å². The van der Waals surface area contributed by atoms with E-state index in [0.717, 1.165) is 61.8 Å². The summed E-state index contributed by atoms with van der Waals surface area (Å²) in [5.74, 6) is -0.504. The molecular formula is C38H45ClN4O5S. The Balaban J connectivity index is 0.000000592. The topological polar surface area (TPSA) is 112 Å². The van der Waals surface area contributed by atoms with Crippen LogP contribution in [0.5, 0.6) is 0 Å². The second kappa shape index (κ2) is 19.2. The molecule has 0 radical (unpaired) electrons. The van der Waals surface area contributed by atoms with Gasteiger partial charge < -0.3 is 29.1 Å². The molecule has 1 aliphatic rings. The number of piperidine rings is 1. The van der Waals surface area contributed by atoms with Crippen LogP contribution in [0.2, 0.25) is 5.02 Å². The summed E-state index contributed by atoms with van der Waals surface area (Å²) >= 11 is 7.02. The summed E-state index contributed by atoms with van der Waals surface area (Å²) in [6.07, 6.45) is 7.09. The summed E-state index contributed by atoms with van der Waals surface area (Å²) in [4.78, 5) is 52.8. The predicted molar refractivity (Wildman–Crippen MR) is 199 cm³/mol. The highest BCUT2D eigenvalue weighted by atomic mass is 35.5. The van der Waals surface area contributed by atoms with Gasteiger partial charge in [0.15, 0.2) is 11.2 Å². The van der Waals surface area contributed by atoms with Crippen LogP contribution in [-0.4, -0.2) is 67.4 Å². The zero-order valence-corrected chi connectivity index (χ0v) is 29.9. The number of rotatable bonds is 13. The summed E-state index contributed by atoms with van der Waals surface area (Å²) in [6, 6.07) is 22.5. The zero-order valence-electron chi connectivity index (χ0n) is 28.4. The van der Waals surface area contributed by atoms with E-state index in [1.165, 1.54) is 28.6 Å². The number of nitrogens with one attached hydrogen (secondary N) is 2. The Kier molecular flexibility index (Phi) is 14.7. The van der Waals surface area contributed by atoms with E-state index in [-0.39, 0.29) is 23.6 Å². The van der Waals surface area contributed by atoms with Crippen LogP contribution in [0.3, 0.4) is 0 Å². The van der Waals surface area contributed by atoms with Gasteiger partial charge in [-0.1, -0.05) is 65.5 Å². The van der Waals surface area contributed by atoms with Gasteiger partial charge in [-0.25, -0.2) is 0 Å². The molecule has 0 saturated carbocycles. The molecule has 11 heteroatoms. The van der Waals surface area contributed by atoms with Gasteiger partial charge in [0.05, 0.1) is 11.9 Å². The average molecular weight is 705 g/mol. The minimum atomic E-state index is -0.595. The third kappa shape index (κ3) is 11.5. The fourth-order valence-electron chi connectivity index (χ4n) is 5.83. The highest BCUT2D eigenvalue weighted by Gasteiger charge is 2.26. The molecule has 1 fully saturated rings. The first kappa shape index (κ1) is 37.7. The summed E-state index contributed by atoms with van der Waals surface area (Å²) in [5.41, 5.74) is 4.63. The lowest BCUT2D eigenvalue weighted by Gasteiger charge is -2.33. The molecule has 2 heterocycles. The average Bonchev–Trinajstić information content (AvgIpc) is 3.11. The maximum absolute atomic E-state index is 12.9. The zero-order chi connectivity index (χ0) is 35.2. The molecule has 5 rings (SSSR count). The van der Waals surface area contributed by atoms with E-state index in [4.69, 9.17) is 16.0 Å². The number of benzene rings is 3.